The molecule has 0 aliphatic heterocycles. The molecule has 2 N–H and O–H groups in total. The van der Waals surface area contributed by atoms with Crippen LogP contribution in [0.3, 0.4) is 0 Å². The van der Waals surface area contributed by atoms with Gasteiger partial charge in [0.25, 0.3) is 0 Å². The van der Waals surface area contributed by atoms with Crippen molar-refractivity contribution in [1.29, 1.82) is 0 Å². The van der Waals surface area contributed by atoms with Gasteiger partial charge in [0.05, 0.1) is 0 Å². The number of carboxylic acid groups (broad SMARTS) is 1. The van der Waals surface area contributed by atoms with E-state index in [2.05, 4.69) is 0 Å². The smallest absolute Gasteiger partial charge is 0.303 e. The molecule has 0 amide bonds. The number of carbonyl (C=O) groups is 1. The second-order valence-corrected chi connectivity index (χ2v) is 3.10. The van der Waals surface area contributed by atoms with E-state index in [-0.39, 0.29) is 24.8 Å². The van der Waals surface area contributed by atoms with E-state index in [9.17, 15) is 18.7 Å². The number of phenols is 1. The Hall–Kier alpha value is -1.65. The number of aromatic hydroxyl groups is 1. The van der Waals surface area contributed by atoms with Gasteiger partial charge in [-0.05, 0) is 25.0 Å². The monoisotopic (exact) mass is 216 g/mol. The number of benzene rings is 1. The summed E-state index contributed by atoms with van der Waals surface area (Å²) in [5.41, 5.74) is -0.170. The minimum absolute atomic E-state index is 0.00171. The normalized spacial score (nSPS) is 10.3. The largest absolute Gasteiger partial charge is 0.505 e. The Morgan fingerprint density at radius 1 is 1.27 bits per heavy atom. The zero-order valence-electron chi connectivity index (χ0n) is 7.83. The summed E-state index contributed by atoms with van der Waals surface area (Å²) in [6.45, 7) is 0. The summed E-state index contributed by atoms with van der Waals surface area (Å²) in [4.78, 5) is 10.2. The molecular weight excluding hydrogens is 206 g/mol. The molecule has 0 aromatic heterocycles. The van der Waals surface area contributed by atoms with Crippen molar-refractivity contribution in [3.63, 3.8) is 0 Å². The highest BCUT2D eigenvalue weighted by Crippen LogP contribution is 2.25. The Labute approximate surface area is 85.0 Å². The number of carboxylic acids is 1. The van der Waals surface area contributed by atoms with Gasteiger partial charge in [0.15, 0.2) is 11.6 Å². The van der Waals surface area contributed by atoms with Crippen LogP contribution in [-0.2, 0) is 11.2 Å². The maximum Gasteiger partial charge on any atom is 0.303 e. The fourth-order valence-corrected chi connectivity index (χ4v) is 1.24. The fraction of sp³-hybridized carbons (Fsp3) is 0.300. The SMILES string of the molecule is O=C(O)CCCc1c(F)ccc(F)c1O. The van der Waals surface area contributed by atoms with E-state index in [0.29, 0.717) is 0 Å². The molecule has 0 bridgehead atoms. The second-order valence-electron chi connectivity index (χ2n) is 3.10. The van der Waals surface area contributed by atoms with Crippen LogP contribution in [-0.4, -0.2) is 16.2 Å². The molecule has 0 saturated heterocycles. The highest BCUT2D eigenvalue weighted by atomic mass is 19.1. The standard InChI is InChI=1S/C10H10F2O3/c11-7-4-5-8(12)10(15)6(7)2-1-3-9(13)14/h4-5,15H,1-3H2,(H,13,14). The highest BCUT2D eigenvalue weighted by molar-refractivity contribution is 5.66. The summed E-state index contributed by atoms with van der Waals surface area (Å²) in [5.74, 6) is -3.37. The van der Waals surface area contributed by atoms with Gasteiger partial charge >= 0.3 is 5.97 Å². The summed E-state index contributed by atoms with van der Waals surface area (Å²) in [5, 5.41) is 17.5. The molecule has 0 spiro atoms. The average molecular weight is 216 g/mol. The predicted octanol–water partition coefficient (Wildman–Crippen LogP) is 2.08. The van der Waals surface area contributed by atoms with Crippen molar-refractivity contribution in [2.75, 3.05) is 0 Å². The number of aliphatic carboxylic acids is 1. The van der Waals surface area contributed by atoms with Gasteiger partial charge in [0.2, 0.25) is 0 Å². The van der Waals surface area contributed by atoms with Crippen LogP contribution in [0.1, 0.15) is 18.4 Å². The molecule has 3 nitrogen and oxygen atoms in total. The van der Waals surface area contributed by atoms with Crippen molar-refractivity contribution in [2.24, 2.45) is 0 Å². The van der Waals surface area contributed by atoms with Gasteiger partial charge in [0.1, 0.15) is 5.82 Å². The zero-order valence-corrected chi connectivity index (χ0v) is 7.83. The van der Waals surface area contributed by atoms with Gasteiger partial charge in [-0.3, -0.25) is 4.79 Å². The first-order valence-corrected chi connectivity index (χ1v) is 4.40. The number of hydrogen-bond donors (Lipinski definition) is 2. The van der Waals surface area contributed by atoms with Crippen molar-refractivity contribution < 1.29 is 23.8 Å². The van der Waals surface area contributed by atoms with Crippen molar-refractivity contribution >= 4 is 5.97 Å². The first kappa shape index (κ1) is 11.4. The highest BCUT2D eigenvalue weighted by Gasteiger charge is 2.12. The molecule has 15 heavy (non-hydrogen) atoms. The molecule has 0 saturated carbocycles. The quantitative estimate of drug-likeness (QED) is 0.810. The lowest BCUT2D eigenvalue weighted by atomic mass is 10.1. The van der Waals surface area contributed by atoms with Gasteiger partial charge in [-0.15, -0.1) is 0 Å². The molecule has 0 fully saturated rings. The van der Waals surface area contributed by atoms with Gasteiger partial charge in [-0.25, -0.2) is 8.78 Å². The summed E-state index contributed by atoms with van der Waals surface area (Å²) in [7, 11) is 0. The summed E-state index contributed by atoms with van der Waals surface area (Å²) in [6, 6.07) is 1.73. The number of hydrogen-bond acceptors (Lipinski definition) is 2. The maximum absolute atomic E-state index is 13.1. The van der Waals surface area contributed by atoms with Crippen LogP contribution in [0.15, 0.2) is 12.1 Å². The van der Waals surface area contributed by atoms with Crippen LogP contribution in [0.2, 0.25) is 0 Å². The topological polar surface area (TPSA) is 57.5 Å². The third kappa shape index (κ3) is 2.90. The Balaban J connectivity index is 2.75. The Morgan fingerprint density at radius 3 is 2.47 bits per heavy atom. The molecular formula is C10H10F2O3. The van der Waals surface area contributed by atoms with Crippen LogP contribution in [0.4, 0.5) is 8.78 Å². The molecule has 1 rings (SSSR count). The third-order valence-corrected chi connectivity index (χ3v) is 1.99. The summed E-state index contributed by atoms with van der Waals surface area (Å²) >= 11 is 0. The van der Waals surface area contributed by atoms with Crippen LogP contribution < -0.4 is 0 Å². The van der Waals surface area contributed by atoms with Crippen LogP contribution >= 0.6 is 0 Å². The van der Waals surface area contributed by atoms with Crippen molar-refractivity contribution in [1.82, 2.24) is 0 Å². The molecule has 0 unspecified atom stereocenters. The number of halogens is 2. The first-order valence-electron chi connectivity index (χ1n) is 4.40. The van der Waals surface area contributed by atoms with E-state index in [0.717, 1.165) is 12.1 Å². The lowest BCUT2D eigenvalue weighted by Crippen LogP contribution is -1.98. The van der Waals surface area contributed by atoms with E-state index in [4.69, 9.17) is 5.11 Å². The van der Waals surface area contributed by atoms with E-state index in [1.165, 1.54) is 0 Å². The van der Waals surface area contributed by atoms with E-state index < -0.39 is 23.4 Å². The molecule has 0 heterocycles. The van der Waals surface area contributed by atoms with Crippen LogP contribution in [0.5, 0.6) is 5.75 Å². The van der Waals surface area contributed by atoms with Gasteiger partial charge in [-0.2, -0.15) is 0 Å². The molecule has 0 radical (unpaired) electrons. The Kier molecular flexibility index (Phi) is 3.60. The maximum atomic E-state index is 13.1. The first-order chi connectivity index (χ1) is 7.02. The molecule has 1 aromatic carbocycles. The van der Waals surface area contributed by atoms with E-state index >= 15 is 0 Å². The van der Waals surface area contributed by atoms with Crippen molar-refractivity contribution in [3.8, 4) is 5.75 Å². The zero-order chi connectivity index (χ0) is 11.4. The number of rotatable bonds is 4. The fourth-order valence-electron chi connectivity index (χ4n) is 1.24. The molecule has 82 valence electrons. The Bertz CT molecular complexity index is 377. The minimum Gasteiger partial charge on any atom is -0.505 e. The molecule has 0 atom stereocenters. The number of phenolic OH excluding ortho intramolecular Hbond substituents is 1. The molecule has 1 aromatic rings. The lowest BCUT2D eigenvalue weighted by Gasteiger charge is -2.05. The van der Waals surface area contributed by atoms with Gasteiger partial charge < -0.3 is 10.2 Å². The van der Waals surface area contributed by atoms with E-state index in [1.54, 1.807) is 0 Å². The molecule has 0 aliphatic rings. The molecule has 0 aliphatic carbocycles. The van der Waals surface area contributed by atoms with Crippen molar-refractivity contribution in [3.05, 3.63) is 29.3 Å². The van der Waals surface area contributed by atoms with Gasteiger partial charge in [0, 0.05) is 12.0 Å². The average Bonchev–Trinajstić information content (AvgIpc) is 2.17. The third-order valence-electron chi connectivity index (χ3n) is 1.99. The van der Waals surface area contributed by atoms with Crippen LogP contribution in [0, 0.1) is 11.6 Å². The van der Waals surface area contributed by atoms with Crippen molar-refractivity contribution in [2.45, 2.75) is 19.3 Å². The lowest BCUT2D eigenvalue weighted by molar-refractivity contribution is -0.137. The minimum atomic E-state index is -1.01. The van der Waals surface area contributed by atoms with Crippen LogP contribution in [0.25, 0.3) is 0 Å². The van der Waals surface area contributed by atoms with Gasteiger partial charge in [-0.1, -0.05) is 0 Å². The Morgan fingerprint density at radius 2 is 1.87 bits per heavy atom. The predicted molar refractivity (Wildman–Crippen MR) is 48.6 cm³/mol. The van der Waals surface area contributed by atoms with E-state index in [1.807, 2.05) is 0 Å². The second kappa shape index (κ2) is 4.72. The molecule has 5 heteroatoms. The summed E-state index contributed by atoms with van der Waals surface area (Å²) in [6.07, 6.45) is 0.0143. The summed E-state index contributed by atoms with van der Waals surface area (Å²) < 4.78 is 25.9.